The molecule has 0 saturated heterocycles. The second kappa shape index (κ2) is 12.8. The number of anilines is 1. The molecule has 1 aliphatic carbocycles. The number of nitrogens with one attached hydrogen (secondary N) is 3. The van der Waals surface area contributed by atoms with Gasteiger partial charge in [0.05, 0.1) is 0 Å². The minimum absolute atomic E-state index is 0. The zero-order chi connectivity index (χ0) is 17.9. The van der Waals surface area contributed by atoms with Gasteiger partial charge in [0.25, 0.3) is 0 Å². The van der Waals surface area contributed by atoms with Gasteiger partial charge in [0.2, 0.25) is 5.91 Å². The van der Waals surface area contributed by atoms with Crippen LogP contribution in [0.15, 0.2) is 35.3 Å². The number of hydrogen-bond donors (Lipinski definition) is 3. The third-order valence-corrected chi connectivity index (χ3v) is 4.07. The first-order chi connectivity index (χ1) is 12.2. The molecule has 1 aromatic rings. The van der Waals surface area contributed by atoms with E-state index in [1.54, 1.807) is 0 Å². The molecule has 1 aliphatic rings. The van der Waals surface area contributed by atoms with Crippen LogP contribution in [0.2, 0.25) is 0 Å². The van der Waals surface area contributed by atoms with Crippen LogP contribution >= 0.6 is 24.0 Å². The molecule has 1 fully saturated rings. The van der Waals surface area contributed by atoms with E-state index in [-0.39, 0.29) is 36.4 Å². The van der Waals surface area contributed by atoms with Crippen LogP contribution in [0.5, 0.6) is 0 Å². The van der Waals surface area contributed by atoms with Gasteiger partial charge >= 0.3 is 0 Å². The average molecular weight is 473 g/mol. The van der Waals surface area contributed by atoms with Gasteiger partial charge < -0.3 is 20.9 Å². The maximum atomic E-state index is 11.7. The van der Waals surface area contributed by atoms with Crippen molar-refractivity contribution in [2.75, 3.05) is 37.6 Å². The summed E-state index contributed by atoms with van der Waals surface area (Å²) in [6.07, 6.45) is 3.20. The Kier molecular flexibility index (Phi) is 11.1. The number of carbonyl (C=O) groups is 1. The van der Waals surface area contributed by atoms with E-state index in [1.165, 1.54) is 5.69 Å². The normalized spacial score (nSPS) is 13.5. The molecule has 0 heterocycles. The van der Waals surface area contributed by atoms with Gasteiger partial charge in [-0.3, -0.25) is 4.79 Å². The second-order valence-electron chi connectivity index (χ2n) is 6.23. The third-order valence-electron chi connectivity index (χ3n) is 4.07. The van der Waals surface area contributed by atoms with Crippen molar-refractivity contribution >= 4 is 41.5 Å². The zero-order valence-electron chi connectivity index (χ0n) is 15.8. The van der Waals surface area contributed by atoms with Crippen molar-refractivity contribution in [3.8, 4) is 0 Å². The van der Waals surface area contributed by atoms with Crippen LogP contribution in [0.1, 0.15) is 33.1 Å². The molecule has 0 bridgehead atoms. The van der Waals surface area contributed by atoms with Crippen molar-refractivity contribution in [3.05, 3.63) is 30.3 Å². The number of para-hydroxylation sites is 1. The van der Waals surface area contributed by atoms with E-state index in [0.717, 1.165) is 45.4 Å². The molecule has 0 aromatic heterocycles. The third kappa shape index (κ3) is 8.73. The minimum atomic E-state index is 0. The number of aliphatic imine (C=N–C) groups is 1. The summed E-state index contributed by atoms with van der Waals surface area (Å²) in [6, 6.07) is 10.8. The van der Waals surface area contributed by atoms with Crippen LogP contribution < -0.4 is 20.9 Å². The molecule has 1 amide bonds. The number of hydrogen-bond acceptors (Lipinski definition) is 3. The predicted octanol–water partition coefficient (Wildman–Crippen LogP) is 2.35. The highest BCUT2D eigenvalue weighted by molar-refractivity contribution is 14.0. The van der Waals surface area contributed by atoms with E-state index < -0.39 is 0 Å². The Bertz CT molecular complexity index is 548. The fourth-order valence-corrected chi connectivity index (χ4v) is 2.58. The van der Waals surface area contributed by atoms with Gasteiger partial charge in [-0.25, -0.2) is 4.99 Å². The van der Waals surface area contributed by atoms with Gasteiger partial charge in [-0.2, -0.15) is 0 Å². The number of halogens is 1. The van der Waals surface area contributed by atoms with E-state index in [4.69, 9.17) is 0 Å². The Morgan fingerprint density at radius 1 is 1.19 bits per heavy atom. The Hall–Kier alpha value is -1.51. The lowest BCUT2D eigenvalue weighted by atomic mass is 10.2. The molecule has 7 heteroatoms. The number of guanidine groups is 1. The summed E-state index contributed by atoms with van der Waals surface area (Å²) in [5.74, 6) is 0.706. The van der Waals surface area contributed by atoms with Gasteiger partial charge in [0.1, 0.15) is 6.54 Å². The first-order valence-corrected chi connectivity index (χ1v) is 9.34. The lowest BCUT2D eigenvalue weighted by Crippen LogP contribution is -2.40. The lowest BCUT2D eigenvalue weighted by molar-refractivity contribution is -0.119. The fourth-order valence-electron chi connectivity index (χ4n) is 2.58. The van der Waals surface area contributed by atoms with Crippen LogP contribution in [0.3, 0.4) is 0 Å². The molecule has 3 N–H and O–H groups in total. The molecule has 6 nitrogen and oxygen atoms in total. The first kappa shape index (κ1) is 22.5. The van der Waals surface area contributed by atoms with Gasteiger partial charge in [0.15, 0.2) is 5.96 Å². The molecular formula is C19H32IN5O. The zero-order valence-corrected chi connectivity index (χ0v) is 18.2. The van der Waals surface area contributed by atoms with E-state index >= 15 is 0 Å². The summed E-state index contributed by atoms with van der Waals surface area (Å²) in [4.78, 5) is 18.5. The molecule has 0 radical (unpaired) electrons. The molecule has 146 valence electrons. The molecule has 2 rings (SSSR count). The van der Waals surface area contributed by atoms with Crippen LogP contribution in [-0.4, -0.2) is 50.6 Å². The van der Waals surface area contributed by atoms with Crippen LogP contribution in [0.25, 0.3) is 0 Å². The number of carbonyl (C=O) groups excluding carboxylic acids is 1. The number of rotatable bonds is 10. The van der Waals surface area contributed by atoms with E-state index in [1.807, 2.05) is 13.0 Å². The van der Waals surface area contributed by atoms with Crippen molar-refractivity contribution in [2.24, 2.45) is 4.99 Å². The minimum Gasteiger partial charge on any atom is -0.372 e. The molecule has 0 unspecified atom stereocenters. The van der Waals surface area contributed by atoms with Crippen molar-refractivity contribution in [2.45, 2.75) is 39.2 Å². The summed E-state index contributed by atoms with van der Waals surface area (Å²) in [7, 11) is 0. The van der Waals surface area contributed by atoms with Crippen LogP contribution in [0, 0.1) is 0 Å². The summed E-state index contributed by atoms with van der Waals surface area (Å²) in [5, 5.41) is 9.45. The first-order valence-electron chi connectivity index (χ1n) is 9.34. The Labute approximate surface area is 174 Å². The molecular weight excluding hydrogens is 441 g/mol. The highest BCUT2D eigenvalue weighted by Gasteiger charge is 2.22. The van der Waals surface area contributed by atoms with Crippen molar-refractivity contribution in [1.82, 2.24) is 16.0 Å². The highest BCUT2D eigenvalue weighted by Crippen LogP contribution is 2.18. The lowest BCUT2D eigenvalue weighted by Gasteiger charge is -2.23. The van der Waals surface area contributed by atoms with Gasteiger partial charge in [0, 0.05) is 37.9 Å². The number of benzene rings is 1. The van der Waals surface area contributed by atoms with Crippen molar-refractivity contribution in [3.63, 3.8) is 0 Å². The van der Waals surface area contributed by atoms with Gasteiger partial charge in [-0.05, 0) is 45.2 Å². The average Bonchev–Trinajstić information content (AvgIpc) is 3.44. The highest BCUT2D eigenvalue weighted by atomic mass is 127. The van der Waals surface area contributed by atoms with Crippen molar-refractivity contribution < 1.29 is 4.79 Å². The van der Waals surface area contributed by atoms with E-state index in [0.29, 0.717) is 12.0 Å². The molecule has 0 aliphatic heterocycles. The van der Waals surface area contributed by atoms with Crippen LogP contribution in [0.4, 0.5) is 5.69 Å². The Balaban J connectivity index is 0.00000338. The largest absolute Gasteiger partial charge is 0.372 e. The van der Waals surface area contributed by atoms with Gasteiger partial charge in [-0.15, -0.1) is 24.0 Å². The number of amides is 1. The van der Waals surface area contributed by atoms with E-state index in [2.05, 4.69) is 57.0 Å². The monoisotopic (exact) mass is 473 g/mol. The smallest absolute Gasteiger partial charge is 0.242 e. The van der Waals surface area contributed by atoms with Crippen LogP contribution in [-0.2, 0) is 4.79 Å². The quantitative estimate of drug-likeness (QED) is 0.211. The summed E-state index contributed by atoms with van der Waals surface area (Å²) < 4.78 is 0. The SMILES string of the molecule is CCNC(=NCC(=O)NC1CC1)NCCCN(CC)c1ccccc1.I. The maximum absolute atomic E-state index is 11.7. The fraction of sp³-hybridized carbons (Fsp3) is 0.579. The van der Waals surface area contributed by atoms with Gasteiger partial charge in [-0.1, -0.05) is 18.2 Å². The number of nitrogens with zero attached hydrogens (tertiary/aromatic N) is 2. The van der Waals surface area contributed by atoms with E-state index in [9.17, 15) is 4.79 Å². The summed E-state index contributed by atoms with van der Waals surface area (Å²) in [6.45, 7) is 7.94. The molecule has 26 heavy (non-hydrogen) atoms. The standard InChI is InChI=1S/C19H31N5O.HI/c1-3-20-19(22-15-18(25)23-16-11-12-16)21-13-8-14-24(4-2)17-9-6-5-7-10-17;/h5-7,9-10,16H,3-4,8,11-15H2,1-2H3,(H,23,25)(H2,20,21,22);1H. The van der Waals surface area contributed by atoms with Crippen molar-refractivity contribution in [1.29, 1.82) is 0 Å². The molecule has 1 saturated carbocycles. The Morgan fingerprint density at radius 3 is 2.54 bits per heavy atom. The summed E-state index contributed by atoms with van der Waals surface area (Å²) in [5.41, 5.74) is 1.25. The summed E-state index contributed by atoms with van der Waals surface area (Å²) >= 11 is 0. The maximum Gasteiger partial charge on any atom is 0.242 e. The topological polar surface area (TPSA) is 68.8 Å². The Morgan fingerprint density at radius 2 is 1.92 bits per heavy atom. The molecule has 0 atom stereocenters. The molecule has 1 aromatic carbocycles. The molecule has 0 spiro atoms. The second-order valence-corrected chi connectivity index (χ2v) is 6.23. The predicted molar refractivity (Wildman–Crippen MR) is 120 cm³/mol.